The molecule has 4 rings (SSSR count). The number of hydrogen-bond donors (Lipinski definition) is 1. The molecule has 0 radical (unpaired) electrons. The van der Waals surface area contributed by atoms with E-state index in [1.54, 1.807) is 4.90 Å². The van der Waals surface area contributed by atoms with E-state index in [1.807, 2.05) is 0 Å². The monoisotopic (exact) mass is 506 g/mol. The number of carbonyl (C=O) groups excluding carboxylic acids is 3. The van der Waals surface area contributed by atoms with Gasteiger partial charge in [0.2, 0.25) is 21.8 Å². The van der Waals surface area contributed by atoms with E-state index in [1.165, 1.54) is 11.0 Å². The van der Waals surface area contributed by atoms with E-state index in [-0.39, 0.29) is 51.1 Å². The first-order valence-corrected chi connectivity index (χ1v) is 12.2. The number of alkyl halides is 3. The number of fused-ring (bicyclic) bond motifs is 1. The second kappa shape index (κ2) is 8.80. The quantitative estimate of drug-likeness (QED) is 0.472. The highest BCUT2D eigenvalue weighted by Crippen LogP contribution is 2.35. The van der Waals surface area contributed by atoms with Crippen LogP contribution in [0.1, 0.15) is 35.2 Å². The maximum absolute atomic E-state index is 14.4. The van der Waals surface area contributed by atoms with Crippen molar-refractivity contribution < 1.29 is 40.4 Å². The molecule has 3 heterocycles. The van der Waals surface area contributed by atoms with Crippen LogP contribution in [0.15, 0.2) is 12.1 Å². The Kier molecular flexibility index (Phi) is 6.31. The number of sulfonamides is 1. The molecule has 3 aliphatic heterocycles. The van der Waals surface area contributed by atoms with Gasteiger partial charge in [-0.25, -0.2) is 12.8 Å². The summed E-state index contributed by atoms with van der Waals surface area (Å²) in [5.41, 5.74) is 0.926. The van der Waals surface area contributed by atoms with E-state index in [9.17, 15) is 40.4 Å². The van der Waals surface area contributed by atoms with Gasteiger partial charge in [0.1, 0.15) is 11.9 Å². The van der Waals surface area contributed by atoms with Crippen molar-refractivity contribution in [3.8, 4) is 0 Å². The van der Waals surface area contributed by atoms with E-state index in [0.717, 1.165) is 10.4 Å². The Morgan fingerprint density at radius 3 is 2.35 bits per heavy atom. The van der Waals surface area contributed by atoms with Crippen LogP contribution in [0.2, 0.25) is 0 Å². The van der Waals surface area contributed by atoms with Crippen LogP contribution in [0.25, 0.3) is 0 Å². The van der Waals surface area contributed by atoms with Gasteiger partial charge >= 0.3 is 6.18 Å². The van der Waals surface area contributed by atoms with Gasteiger partial charge < -0.3 is 9.80 Å². The van der Waals surface area contributed by atoms with Crippen molar-refractivity contribution >= 4 is 33.4 Å². The number of hydrogen-bond acceptors (Lipinski definition) is 6. The van der Waals surface area contributed by atoms with Crippen molar-refractivity contribution in [2.75, 3.05) is 36.8 Å². The molecule has 0 saturated carbocycles. The van der Waals surface area contributed by atoms with Gasteiger partial charge in [-0.2, -0.15) is 17.5 Å². The average Bonchev–Trinajstić information content (AvgIpc) is 3.08. The van der Waals surface area contributed by atoms with Gasteiger partial charge in [0, 0.05) is 56.0 Å². The second-order valence-corrected chi connectivity index (χ2v) is 10.5. The maximum Gasteiger partial charge on any atom is 0.390 e. The van der Waals surface area contributed by atoms with Gasteiger partial charge in [-0.1, -0.05) is 0 Å². The zero-order valence-electron chi connectivity index (χ0n) is 17.9. The highest BCUT2D eigenvalue weighted by Gasteiger charge is 2.41. The van der Waals surface area contributed by atoms with Crippen molar-refractivity contribution in [1.82, 2.24) is 14.5 Å². The summed E-state index contributed by atoms with van der Waals surface area (Å²) in [6, 6.07) is 1.42. The molecule has 186 valence electrons. The SMILES string of the molecule is O=C1CCC(N2Cc3c(cc(F)cc3N3CCN(S(=O)(=O)CCC(F)(F)F)CC3)C2=O)C(=O)N1. The Hall–Kier alpha value is -2.74. The fraction of sp³-hybridized carbons (Fsp3) is 0.550. The first-order chi connectivity index (χ1) is 15.9. The summed E-state index contributed by atoms with van der Waals surface area (Å²) in [5.74, 6) is -3.30. The van der Waals surface area contributed by atoms with Crippen LogP contribution in [0.3, 0.4) is 0 Å². The van der Waals surface area contributed by atoms with Crippen molar-refractivity contribution in [2.24, 2.45) is 0 Å². The molecular formula is C20H22F4N4O5S. The Morgan fingerprint density at radius 2 is 1.74 bits per heavy atom. The second-order valence-electron chi connectivity index (χ2n) is 8.42. The largest absolute Gasteiger partial charge is 0.390 e. The normalized spacial score (nSPS) is 22.2. The topological polar surface area (TPSA) is 107 Å². The number of rotatable bonds is 5. The van der Waals surface area contributed by atoms with Gasteiger partial charge in [-0.15, -0.1) is 0 Å². The Labute approximate surface area is 192 Å². The molecule has 2 fully saturated rings. The van der Waals surface area contributed by atoms with Gasteiger partial charge in [0.05, 0.1) is 12.2 Å². The van der Waals surface area contributed by atoms with E-state index >= 15 is 0 Å². The van der Waals surface area contributed by atoms with Crippen LogP contribution in [0.4, 0.5) is 23.2 Å². The predicted molar refractivity (Wildman–Crippen MR) is 111 cm³/mol. The number of piperazine rings is 1. The lowest BCUT2D eigenvalue weighted by molar-refractivity contribution is -0.137. The maximum atomic E-state index is 14.4. The lowest BCUT2D eigenvalue weighted by Crippen LogP contribution is -2.52. The number of nitrogens with one attached hydrogen (secondary N) is 1. The minimum atomic E-state index is -4.59. The minimum Gasteiger partial charge on any atom is -0.369 e. The zero-order valence-corrected chi connectivity index (χ0v) is 18.7. The summed E-state index contributed by atoms with van der Waals surface area (Å²) in [4.78, 5) is 39.6. The van der Waals surface area contributed by atoms with E-state index in [0.29, 0.717) is 11.3 Å². The summed E-state index contributed by atoms with van der Waals surface area (Å²) in [6.07, 6.45) is -5.80. The molecule has 1 atom stereocenters. The summed E-state index contributed by atoms with van der Waals surface area (Å²) in [5, 5.41) is 2.19. The molecule has 1 unspecified atom stereocenters. The van der Waals surface area contributed by atoms with Crippen LogP contribution in [0, 0.1) is 5.82 Å². The fourth-order valence-corrected chi connectivity index (χ4v) is 5.94. The van der Waals surface area contributed by atoms with E-state index in [4.69, 9.17) is 0 Å². The molecule has 14 heteroatoms. The highest BCUT2D eigenvalue weighted by molar-refractivity contribution is 7.89. The fourth-order valence-electron chi connectivity index (χ4n) is 4.47. The van der Waals surface area contributed by atoms with Gasteiger partial charge in [0.15, 0.2) is 0 Å². The van der Waals surface area contributed by atoms with Crippen molar-refractivity contribution in [2.45, 2.75) is 38.0 Å². The van der Waals surface area contributed by atoms with E-state index < -0.39 is 58.0 Å². The van der Waals surface area contributed by atoms with Gasteiger partial charge in [-0.05, 0) is 18.6 Å². The highest BCUT2D eigenvalue weighted by atomic mass is 32.2. The number of nitrogens with zero attached hydrogens (tertiary/aromatic N) is 3. The number of anilines is 1. The number of halogens is 4. The molecule has 0 bridgehead atoms. The van der Waals surface area contributed by atoms with Crippen LogP contribution in [-0.4, -0.2) is 79.5 Å². The molecule has 0 spiro atoms. The Morgan fingerprint density at radius 1 is 1.06 bits per heavy atom. The molecular weight excluding hydrogens is 484 g/mol. The number of carbonyl (C=O) groups is 3. The van der Waals surface area contributed by atoms with Crippen molar-refractivity contribution in [3.63, 3.8) is 0 Å². The molecule has 9 nitrogen and oxygen atoms in total. The van der Waals surface area contributed by atoms with Crippen LogP contribution < -0.4 is 10.2 Å². The van der Waals surface area contributed by atoms with E-state index in [2.05, 4.69) is 5.32 Å². The lowest BCUT2D eigenvalue weighted by atomic mass is 10.0. The molecule has 1 N–H and O–H groups in total. The summed E-state index contributed by atoms with van der Waals surface area (Å²) >= 11 is 0. The average molecular weight is 506 g/mol. The molecule has 3 amide bonds. The summed E-state index contributed by atoms with van der Waals surface area (Å²) < 4.78 is 77.2. The van der Waals surface area contributed by atoms with Crippen LogP contribution in [-0.2, 0) is 26.2 Å². The Bertz CT molecular complexity index is 1130. The predicted octanol–water partition coefficient (Wildman–Crippen LogP) is 0.991. The molecule has 2 saturated heterocycles. The van der Waals surface area contributed by atoms with Crippen LogP contribution >= 0.6 is 0 Å². The molecule has 34 heavy (non-hydrogen) atoms. The third-order valence-electron chi connectivity index (χ3n) is 6.21. The van der Waals surface area contributed by atoms with Gasteiger partial charge in [-0.3, -0.25) is 19.7 Å². The van der Waals surface area contributed by atoms with Crippen LogP contribution in [0.5, 0.6) is 0 Å². The first-order valence-electron chi connectivity index (χ1n) is 10.6. The number of amides is 3. The lowest BCUT2D eigenvalue weighted by Gasteiger charge is -2.36. The summed E-state index contributed by atoms with van der Waals surface area (Å²) in [7, 11) is -4.11. The number of imide groups is 1. The van der Waals surface area contributed by atoms with Gasteiger partial charge in [0.25, 0.3) is 5.91 Å². The first kappa shape index (κ1) is 24.4. The molecule has 0 aromatic heterocycles. The van der Waals surface area contributed by atoms with Crippen molar-refractivity contribution in [1.29, 1.82) is 0 Å². The molecule has 3 aliphatic rings. The number of piperidine rings is 1. The Balaban J connectivity index is 1.50. The minimum absolute atomic E-state index is 0.0140. The van der Waals surface area contributed by atoms with Crippen molar-refractivity contribution in [3.05, 3.63) is 29.1 Å². The summed E-state index contributed by atoms with van der Waals surface area (Å²) in [6.45, 7) is 0.0220. The zero-order chi connectivity index (χ0) is 24.8. The molecule has 1 aromatic carbocycles. The third-order valence-corrected chi connectivity index (χ3v) is 8.09. The third kappa shape index (κ3) is 4.87. The number of benzene rings is 1. The standard InChI is InChI=1S/C20H22F4N4O5S/c21-12-9-13-14(11-28(19(13)31)15-1-2-17(29)25-18(15)30)16(10-12)26-4-6-27(7-5-26)34(32,33)8-3-20(22,23)24/h9-10,15H,1-8,11H2,(H,25,29,30). The molecule has 0 aliphatic carbocycles. The smallest absolute Gasteiger partial charge is 0.369 e. The molecule has 1 aromatic rings.